The van der Waals surface area contributed by atoms with Gasteiger partial charge >= 0.3 is 5.97 Å². The maximum absolute atomic E-state index is 11.7. The second-order valence-corrected chi connectivity index (χ2v) is 4.49. The molecule has 4 N–H and O–H groups in total. The summed E-state index contributed by atoms with van der Waals surface area (Å²) in [5.74, 6) is -0.765. The largest absolute Gasteiger partial charge is 0.478 e. The van der Waals surface area contributed by atoms with Gasteiger partial charge in [-0.15, -0.1) is 0 Å². The van der Waals surface area contributed by atoms with E-state index in [1.54, 1.807) is 12.1 Å². The van der Waals surface area contributed by atoms with Gasteiger partial charge in [-0.25, -0.2) is 4.79 Å². The topological polar surface area (TPSA) is 92.4 Å². The van der Waals surface area contributed by atoms with Crippen molar-refractivity contribution in [3.8, 4) is 0 Å². The molecule has 1 unspecified atom stereocenters. The van der Waals surface area contributed by atoms with Crippen molar-refractivity contribution in [2.24, 2.45) is 11.7 Å². The van der Waals surface area contributed by atoms with Gasteiger partial charge in [-0.1, -0.05) is 25.5 Å². The molecular weight excluding hydrogens is 244 g/mol. The normalized spacial score (nSPS) is 11.9. The SMILES string of the molecule is CCC(CN)CC(=O)NCc1ccc(C(=O)O)cc1. The summed E-state index contributed by atoms with van der Waals surface area (Å²) in [7, 11) is 0. The van der Waals surface area contributed by atoms with Crippen LogP contribution >= 0.6 is 0 Å². The van der Waals surface area contributed by atoms with Crippen molar-refractivity contribution in [3.05, 3.63) is 35.4 Å². The lowest BCUT2D eigenvalue weighted by Crippen LogP contribution is -2.27. The lowest BCUT2D eigenvalue weighted by molar-refractivity contribution is -0.122. The Morgan fingerprint density at radius 1 is 1.32 bits per heavy atom. The predicted octanol–water partition coefficient (Wildman–Crippen LogP) is 1.38. The van der Waals surface area contributed by atoms with Crippen molar-refractivity contribution in [2.45, 2.75) is 26.3 Å². The molecule has 0 heterocycles. The summed E-state index contributed by atoms with van der Waals surface area (Å²) in [6.45, 7) is 2.92. The van der Waals surface area contributed by atoms with E-state index in [0.29, 0.717) is 19.5 Å². The molecule has 0 aliphatic rings. The van der Waals surface area contributed by atoms with Gasteiger partial charge in [0.25, 0.3) is 0 Å². The van der Waals surface area contributed by atoms with E-state index in [1.165, 1.54) is 12.1 Å². The number of hydrogen-bond acceptors (Lipinski definition) is 3. The molecule has 1 atom stereocenters. The molecule has 1 aromatic carbocycles. The molecule has 0 saturated heterocycles. The first-order valence-corrected chi connectivity index (χ1v) is 6.35. The molecule has 0 aliphatic carbocycles. The minimum Gasteiger partial charge on any atom is -0.478 e. The average molecular weight is 264 g/mol. The molecule has 5 nitrogen and oxygen atoms in total. The molecular formula is C14H20N2O3. The van der Waals surface area contributed by atoms with Gasteiger partial charge in [0.2, 0.25) is 5.91 Å². The highest BCUT2D eigenvalue weighted by molar-refractivity contribution is 5.87. The molecule has 5 heteroatoms. The third-order valence-corrected chi connectivity index (χ3v) is 3.08. The van der Waals surface area contributed by atoms with Crippen LogP contribution in [0.4, 0.5) is 0 Å². The fourth-order valence-electron chi connectivity index (χ4n) is 1.69. The molecule has 1 amide bonds. The first-order valence-electron chi connectivity index (χ1n) is 6.35. The summed E-state index contributed by atoms with van der Waals surface area (Å²) in [5.41, 5.74) is 6.66. The number of aromatic carboxylic acids is 1. The first kappa shape index (κ1) is 15.2. The minimum absolute atomic E-state index is 0.0281. The third kappa shape index (κ3) is 5.09. The number of nitrogens with two attached hydrogens (primary N) is 1. The number of carboxylic acids is 1. The maximum atomic E-state index is 11.7. The van der Waals surface area contributed by atoms with Gasteiger partial charge in [-0.3, -0.25) is 4.79 Å². The molecule has 0 saturated carbocycles. The maximum Gasteiger partial charge on any atom is 0.335 e. The molecule has 1 rings (SSSR count). The molecule has 0 aliphatic heterocycles. The van der Waals surface area contributed by atoms with Gasteiger partial charge in [0, 0.05) is 13.0 Å². The molecule has 0 spiro atoms. The molecule has 0 bridgehead atoms. The number of hydrogen-bond donors (Lipinski definition) is 3. The Hall–Kier alpha value is -1.88. The molecule has 0 aromatic heterocycles. The Balaban J connectivity index is 2.43. The third-order valence-electron chi connectivity index (χ3n) is 3.08. The Labute approximate surface area is 112 Å². The van der Waals surface area contributed by atoms with Crippen LogP contribution in [0.1, 0.15) is 35.7 Å². The standard InChI is InChI=1S/C14H20N2O3/c1-2-10(8-15)7-13(17)16-9-11-3-5-12(6-4-11)14(18)19/h3-6,10H,2,7-9,15H2,1H3,(H,16,17)(H,18,19). The molecule has 0 radical (unpaired) electrons. The quantitative estimate of drug-likeness (QED) is 0.693. The van der Waals surface area contributed by atoms with E-state index in [9.17, 15) is 9.59 Å². The number of carboxylic acid groups (broad SMARTS) is 1. The summed E-state index contributed by atoms with van der Waals surface area (Å²) < 4.78 is 0. The van der Waals surface area contributed by atoms with Gasteiger partial charge in [0.05, 0.1) is 5.56 Å². The van der Waals surface area contributed by atoms with Crippen molar-refractivity contribution >= 4 is 11.9 Å². The Bertz CT molecular complexity index is 425. The van der Waals surface area contributed by atoms with Crippen LogP contribution < -0.4 is 11.1 Å². The number of amides is 1. The van der Waals surface area contributed by atoms with E-state index in [1.807, 2.05) is 6.92 Å². The van der Waals surface area contributed by atoms with E-state index in [0.717, 1.165) is 12.0 Å². The van der Waals surface area contributed by atoms with Crippen molar-refractivity contribution < 1.29 is 14.7 Å². The van der Waals surface area contributed by atoms with Crippen molar-refractivity contribution in [1.29, 1.82) is 0 Å². The average Bonchev–Trinajstić information content (AvgIpc) is 2.43. The Morgan fingerprint density at radius 3 is 2.42 bits per heavy atom. The molecule has 0 fully saturated rings. The van der Waals surface area contributed by atoms with E-state index < -0.39 is 5.97 Å². The van der Waals surface area contributed by atoms with Crippen LogP contribution in [0.25, 0.3) is 0 Å². The fraction of sp³-hybridized carbons (Fsp3) is 0.429. The zero-order chi connectivity index (χ0) is 14.3. The van der Waals surface area contributed by atoms with Crippen LogP contribution in [0.3, 0.4) is 0 Å². The van der Waals surface area contributed by atoms with Crippen LogP contribution in [0, 0.1) is 5.92 Å². The van der Waals surface area contributed by atoms with E-state index in [-0.39, 0.29) is 17.4 Å². The minimum atomic E-state index is -0.954. The number of nitrogens with one attached hydrogen (secondary N) is 1. The van der Waals surface area contributed by atoms with Gasteiger partial charge < -0.3 is 16.2 Å². The summed E-state index contributed by atoms with van der Waals surface area (Å²) in [6.07, 6.45) is 1.32. The zero-order valence-electron chi connectivity index (χ0n) is 11.1. The smallest absolute Gasteiger partial charge is 0.335 e. The highest BCUT2D eigenvalue weighted by atomic mass is 16.4. The summed E-state index contributed by atoms with van der Waals surface area (Å²) in [4.78, 5) is 22.3. The number of benzene rings is 1. The van der Waals surface area contributed by atoms with E-state index in [4.69, 9.17) is 10.8 Å². The Morgan fingerprint density at radius 2 is 1.95 bits per heavy atom. The zero-order valence-corrected chi connectivity index (χ0v) is 11.1. The summed E-state index contributed by atoms with van der Waals surface area (Å²) in [6, 6.07) is 6.45. The highest BCUT2D eigenvalue weighted by Gasteiger charge is 2.10. The number of rotatable bonds is 7. The van der Waals surface area contributed by atoms with Gasteiger partial charge in [0.1, 0.15) is 0 Å². The second-order valence-electron chi connectivity index (χ2n) is 4.49. The van der Waals surface area contributed by atoms with Crippen LogP contribution in [0.2, 0.25) is 0 Å². The Kier molecular flexibility index (Phi) is 6.02. The summed E-state index contributed by atoms with van der Waals surface area (Å²) in [5, 5.41) is 11.6. The van der Waals surface area contributed by atoms with Crippen LogP contribution in [-0.2, 0) is 11.3 Å². The lowest BCUT2D eigenvalue weighted by Gasteiger charge is -2.12. The molecule has 104 valence electrons. The van der Waals surface area contributed by atoms with Crippen molar-refractivity contribution in [3.63, 3.8) is 0 Å². The highest BCUT2D eigenvalue weighted by Crippen LogP contribution is 2.07. The van der Waals surface area contributed by atoms with Crippen molar-refractivity contribution in [2.75, 3.05) is 6.54 Å². The number of carbonyl (C=O) groups excluding carboxylic acids is 1. The van der Waals surface area contributed by atoms with Crippen LogP contribution in [-0.4, -0.2) is 23.5 Å². The van der Waals surface area contributed by atoms with Gasteiger partial charge in [0.15, 0.2) is 0 Å². The number of carbonyl (C=O) groups is 2. The fourth-order valence-corrected chi connectivity index (χ4v) is 1.69. The summed E-state index contributed by atoms with van der Waals surface area (Å²) >= 11 is 0. The molecule has 19 heavy (non-hydrogen) atoms. The van der Waals surface area contributed by atoms with E-state index >= 15 is 0 Å². The van der Waals surface area contributed by atoms with Gasteiger partial charge in [-0.05, 0) is 30.2 Å². The lowest BCUT2D eigenvalue weighted by atomic mass is 10.0. The van der Waals surface area contributed by atoms with Gasteiger partial charge in [-0.2, -0.15) is 0 Å². The first-order chi connectivity index (χ1) is 9.06. The second kappa shape index (κ2) is 7.53. The monoisotopic (exact) mass is 264 g/mol. The molecule has 1 aromatic rings. The van der Waals surface area contributed by atoms with Crippen LogP contribution in [0.5, 0.6) is 0 Å². The predicted molar refractivity (Wildman–Crippen MR) is 72.7 cm³/mol. The van der Waals surface area contributed by atoms with Crippen LogP contribution in [0.15, 0.2) is 24.3 Å². The van der Waals surface area contributed by atoms with E-state index in [2.05, 4.69) is 5.32 Å². The van der Waals surface area contributed by atoms with Crippen molar-refractivity contribution in [1.82, 2.24) is 5.32 Å².